The molecule has 10 heteroatoms. The van der Waals surface area contributed by atoms with Gasteiger partial charge >= 0.3 is 6.18 Å². The van der Waals surface area contributed by atoms with Crippen molar-refractivity contribution in [3.63, 3.8) is 0 Å². The van der Waals surface area contributed by atoms with Gasteiger partial charge in [-0.25, -0.2) is 10.1 Å². The van der Waals surface area contributed by atoms with Gasteiger partial charge < -0.3 is 9.80 Å². The Kier molecular flexibility index (Phi) is 4.85. The Morgan fingerprint density at radius 2 is 1.80 bits per heavy atom. The van der Waals surface area contributed by atoms with E-state index in [-0.39, 0.29) is 5.02 Å². The standard InChI is InChI=1S/C15H15ClF3N5O/c16-13-11(9-21-22-14(13)25)23-4-1-5-24(7-6-23)12-3-2-10(8-20-12)15(17,18)19/h2-3,8-9H,1,4-7H2,(H,22,25). The molecule has 0 unspecified atom stereocenters. The van der Waals surface area contributed by atoms with Crippen LogP contribution in [0, 0.1) is 0 Å². The molecule has 6 nitrogen and oxygen atoms in total. The minimum atomic E-state index is -4.40. The van der Waals surface area contributed by atoms with Crippen LogP contribution in [0.15, 0.2) is 29.3 Å². The van der Waals surface area contributed by atoms with Crippen molar-refractivity contribution < 1.29 is 13.2 Å². The van der Waals surface area contributed by atoms with Crippen molar-refractivity contribution in [3.05, 3.63) is 45.5 Å². The maximum atomic E-state index is 12.6. The largest absolute Gasteiger partial charge is 0.417 e. The first kappa shape index (κ1) is 17.5. The van der Waals surface area contributed by atoms with Crippen LogP contribution in [0.3, 0.4) is 0 Å². The highest BCUT2D eigenvalue weighted by Gasteiger charge is 2.31. The Morgan fingerprint density at radius 1 is 1.08 bits per heavy atom. The van der Waals surface area contributed by atoms with Gasteiger partial charge in [-0.15, -0.1) is 0 Å². The van der Waals surface area contributed by atoms with E-state index in [0.717, 1.165) is 18.7 Å². The second-order valence-electron chi connectivity index (χ2n) is 5.63. The highest BCUT2D eigenvalue weighted by Crippen LogP contribution is 2.29. The number of nitrogens with one attached hydrogen (secondary N) is 1. The van der Waals surface area contributed by atoms with E-state index >= 15 is 0 Å². The van der Waals surface area contributed by atoms with Crippen LogP contribution >= 0.6 is 11.6 Å². The van der Waals surface area contributed by atoms with Crippen molar-refractivity contribution >= 4 is 23.1 Å². The second kappa shape index (κ2) is 6.91. The number of hydrogen-bond donors (Lipinski definition) is 1. The first-order chi connectivity index (χ1) is 11.9. The molecule has 1 N–H and O–H groups in total. The number of rotatable bonds is 2. The van der Waals surface area contributed by atoms with Crippen LogP contribution in [0.1, 0.15) is 12.0 Å². The molecule has 25 heavy (non-hydrogen) atoms. The Bertz CT molecular complexity index is 793. The van der Waals surface area contributed by atoms with Gasteiger partial charge in [0.2, 0.25) is 0 Å². The van der Waals surface area contributed by atoms with Gasteiger partial charge in [0.15, 0.2) is 0 Å². The third-order valence-corrected chi connectivity index (χ3v) is 4.38. The highest BCUT2D eigenvalue weighted by molar-refractivity contribution is 6.32. The Hall–Kier alpha value is -2.29. The lowest BCUT2D eigenvalue weighted by molar-refractivity contribution is -0.137. The quantitative estimate of drug-likeness (QED) is 0.876. The van der Waals surface area contributed by atoms with E-state index < -0.39 is 17.3 Å². The molecule has 1 aliphatic rings. The van der Waals surface area contributed by atoms with Crippen molar-refractivity contribution in [1.29, 1.82) is 0 Å². The zero-order chi connectivity index (χ0) is 18.0. The molecule has 134 valence electrons. The fraction of sp³-hybridized carbons (Fsp3) is 0.400. The van der Waals surface area contributed by atoms with Crippen LogP contribution in [0.5, 0.6) is 0 Å². The van der Waals surface area contributed by atoms with Gasteiger partial charge in [-0.05, 0) is 18.6 Å². The van der Waals surface area contributed by atoms with Crippen LogP contribution < -0.4 is 15.4 Å². The van der Waals surface area contributed by atoms with Crippen LogP contribution in [-0.2, 0) is 6.18 Å². The average molecular weight is 374 g/mol. The van der Waals surface area contributed by atoms with Crippen molar-refractivity contribution in [3.8, 4) is 0 Å². The van der Waals surface area contributed by atoms with E-state index in [0.29, 0.717) is 37.7 Å². The molecule has 1 aliphatic heterocycles. The highest BCUT2D eigenvalue weighted by atomic mass is 35.5. The molecule has 0 saturated carbocycles. The molecule has 0 bridgehead atoms. The number of H-pyrrole nitrogens is 1. The lowest BCUT2D eigenvalue weighted by Crippen LogP contribution is -2.32. The molecular weight excluding hydrogens is 359 g/mol. The predicted molar refractivity (Wildman–Crippen MR) is 88.1 cm³/mol. The molecule has 1 saturated heterocycles. The first-order valence-corrected chi connectivity index (χ1v) is 8.00. The number of aromatic nitrogens is 3. The summed E-state index contributed by atoms with van der Waals surface area (Å²) in [7, 11) is 0. The fourth-order valence-electron chi connectivity index (χ4n) is 2.72. The molecule has 3 heterocycles. The number of halogens is 4. The maximum Gasteiger partial charge on any atom is 0.417 e. The number of nitrogens with zero attached hydrogens (tertiary/aromatic N) is 4. The molecular formula is C15H15ClF3N5O. The van der Waals surface area contributed by atoms with Gasteiger partial charge in [0.25, 0.3) is 5.56 Å². The molecule has 3 rings (SSSR count). The van der Waals surface area contributed by atoms with E-state index in [1.54, 1.807) is 0 Å². The number of alkyl halides is 3. The first-order valence-electron chi connectivity index (χ1n) is 7.62. The molecule has 0 radical (unpaired) electrons. The molecule has 1 fully saturated rings. The summed E-state index contributed by atoms with van der Waals surface area (Å²) in [6.45, 7) is 2.39. The zero-order valence-corrected chi connectivity index (χ0v) is 13.8. The minimum Gasteiger partial charge on any atom is -0.367 e. The number of anilines is 2. The number of pyridine rings is 1. The van der Waals surface area contributed by atoms with Crippen molar-refractivity contribution in [2.24, 2.45) is 0 Å². The van der Waals surface area contributed by atoms with Crippen LogP contribution in [0.2, 0.25) is 5.02 Å². The summed E-state index contributed by atoms with van der Waals surface area (Å²) in [5, 5.41) is 6.11. The van der Waals surface area contributed by atoms with Crippen LogP contribution in [0.4, 0.5) is 24.7 Å². The van der Waals surface area contributed by atoms with Crippen LogP contribution in [-0.4, -0.2) is 41.4 Å². The summed E-state index contributed by atoms with van der Waals surface area (Å²) in [6.07, 6.45) is -1.32. The van der Waals surface area contributed by atoms with Gasteiger partial charge in [0, 0.05) is 32.4 Å². The van der Waals surface area contributed by atoms with Crippen LogP contribution in [0.25, 0.3) is 0 Å². The third kappa shape index (κ3) is 3.87. The Labute approximate surface area is 146 Å². The number of hydrogen-bond acceptors (Lipinski definition) is 5. The molecule has 0 amide bonds. The summed E-state index contributed by atoms with van der Waals surface area (Å²) in [4.78, 5) is 19.4. The molecule has 0 atom stereocenters. The zero-order valence-electron chi connectivity index (χ0n) is 13.1. The topological polar surface area (TPSA) is 65.1 Å². The van der Waals surface area contributed by atoms with Crippen molar-refractivity contribution in [2.75, 3.05) is 36.0 Å². The second-order valence-corrected chi connectivity index (χ2v) is 6.01. The van der Waals surface area contributed by atoms with E-state index in [9.17, 15) is 18.0 Å². The van der Waals surface area contributed by atoms with Crippen molar-refractivity contribution in [2.45, 2.75) is 12.6 Å². The summed E-state index contributed by atoms with van der Waals surface area (Å²) in [5.74, 6) is 0.491. The lowest BCUT2D eigenvalue weighted by Gasteiger charge is -2.24. The maximum absolute atomic E-state index is 12.6. The summed E-state index contributed by atoms with van der Waals surface area (Å²) < 4.78 is 37.9. The minimum absolute atomic E-state index is 0.0797. The smallest absolute Gasteiger partial charge is 0.367 e. The van der Waals surface area contributed by atoms with E-state index in [1.807, 2.05) is 9.80 Å². The number of aromatic amines is 1. The average Bonchev–Trinajstić information content (AvgIpc) is 2.83. The summed E-state index contributed by atoms with van der Waals surface area (Å²) >= 11 is 6.04. The predicted octanol–water partition coefficient (Wildman–Crippen LogP) is 2.55. The normalized spacial score (nSPS) is 16.0. The Balaban J connectivity index is 1.73. The van der Waals surface area contributed by atoms with E-state index in [4.69, 9.17) is 11.6 Å². The Morgan fingerprint density at radius 3 is 2.48 bits per heavy atom. The molecule has 0 spiro atoms. The molecule has 0 aliphatic carbocycles. The fourth-order valence-corrected chi connectivity index (χ4v) is 2.93. The van der Waals surface area contributed by atoms with E-state index in [1.165, 1.54) is 12.3 Å². The van der Waals surface area contributed by atoms with E-state index in [2.05, 4.69) is 15.2 Å². The lowest BCUT2D eigenvalue weighted by atomic mass is 10.2. The summed E-state index contributed by atoms with van der Waals surface area (Å²) in [6, 6.07) is 2.41. The third-order valence-electron chi connectivity index (χ3n) is 4.01. The summed E-state index contributed by atoms with van der Waals surface area (Å²) in [5.41, 5.74) is -0.675. The molecule has 2 aromatic rings. The van der Waals surface area contributed by atoms with Gasteiger partial charge in [0.05, 0.1) is 17.4 Å². The monoisotopic (exact) mass is 373 g/mol. The molecule has 2 aromatic heterocycles. The SMILES string of the molecule is O=c1[nH]ncc(N2CCCN(c3ccc(C(F)(F)F)cn3)CC2)c1Cl. The van der Waals surface area contributed by atoms with Crippen molar-refractivity contribution in [1.82, 2.24) is 15.2 Å². The van der Waals surface area contributed by atoms with Gasteiger partial charge in [-0.3, -0.25) is 4.79 Å². The van der Waals surface area contributed by atoms with Gasteiger partial charge in [-0.1, -0.05) is 11.6 Å². The van der Waals surface area contributed by atoms with Gasteiger partial charge in [-0.2, -0.15) is 18.3 Å². The van der Waals surface area contributed by atoms with Gasteiger partial charge in [0.1, 0.15) is 10.8 Å². The molecule has 0 aromatic carbocycles.